The largest absolute Gasteiger partial charge is 0.479 e. The van der Waals surface area contributed by atoms with Gasteiger partial charge < -0.3 is 9.84 Å². The number of allylic oxidation sites excluding steroid dienone is 1. The highest BCUT2D eigenvalue weighted by Gasteiger charge is 2.12. The predicted molar refractivity (Wildman–Crippen MR) is 89.1 cm³/mol. The standard InChI is InChI=1S/C18H14ClNO3/c1-12(18(21)22)23-17-7-5-13(6-8-17)9-15(11-20)14-3-2-4-16(19)10-14/h2-10,12H,1H3,(H,21,22)/b15-9-/t12-/m0/s1. The van der Waals surface area contributed by atoms with Gasteiger partial charge >= 0.3 is 5.97 Å². The van der Waals surface area contributed by atoms with Crippen LogP contribution in [-0.4, -0.2) is 17.2 Å². The number of rotatable bonds is 5. The summed E-state index contributed by atoms with van der Waals surface area (Å²) in [5.41, 5.74) is 2.02. The molecule has 5 heteroatoms. The van der Waals surface area contributed by atoms with Gasteiger partial charge in [-0.3, -0.25) is 0 Å². The number of aliphatic carboxylic acids is 1. The molecule has 0 unspecified atom stereocenters. The molecular weight excluding hydrogens is 314 g/mol. The highest BCUT2D eigenvalue weighted by atomic mass is 35.5. The van der Waals surface area contributed by atoms with E-state index in [0.717, 1.165) is 11.1 Å². The zero-order valence-corrected chi connectivity index (χ0v) is 13.1. The first kappa shape index (κ1) is 16.6. The van der Waals surface area contributed by atoms with Crippen molar-refractivity contribution in [1.82, 2.24) is 0 Å². The van der Waals surface area contributed by atoms with Crippen molar-refractivity contribution in [2.24, 2.45) is 0 Å². The molecule has 0 saturated carbocycles. The average Bonchev–Trinajstić information content (AvgIpc) is 2.54. The van der Waals surface area contributed by atoms with Gasteiger partial charge in [-0.1, -0.05) is 35.9 Å². The zero-order valence-electron chi connectivity index (χ0n) is 12.4. The molecule has 2 aromatic rings. The van der Waals surface area contributed by atoms with Crippen LogP contribution in [0.3, 0.4) is 0 Å². The van der Waals surface area contributed by atoms with E-state index in [0.29, 0.717) is 16.3 Å². The summed E-state index contributed by atoms with van der Waals surface area (Å²) in [7, 11) is 0. The molecule has 116 valence electrons. The summed E-state index contributed by atoms with van der Waals surface area (Å²) < 4.78 is 5.26. The first-order chi connectivity index (χ1) is 11.0. The lowest BCUT2D eigenvalue weighted by molar-refractivity contribution is -0.144. The Morgan fingerprint density at radius 2 is 2.00 bits per heavy atom. The Morgan fingerprint density at radius 3 is 2.57 bits per heavy atom. The Kier molecular flexibility index (Phi) is 5.40. The fourth-order valence-electron chi connectivity index (χ4n) is 1.90. The minimum atomic E-state index is -1.03. The third-order valence-electron chi connectivity index (χ3n) is 3.11. The van der Waals surface area contributed by atoms with Gasteiger partial charge in [0.2, 0.25) is 0 Å². The quantitative estimate of drug-likeness (QED) is 0.658. The number of nitriles is 1. The highest BCUT2D eigenvalue weighted by molar-refractivity contribution is 6.30. The molecule has 0 bridgehead atoms. The minimum Gasteiger partial charge on any atom is -0.479 e. The molecule has 23 heavy (non-hydrogen) atoms. The summed E-state index contributed by atoms with van der Waals surface area (Å²) >= 11 is 5.94. The van der Waals surface area contributed by atoms with Crippen LogP contribution in [0, 0.1) is 11.3 Å². The first-order valence-corrected chi connectivity index (χ1v) is 7.24. The number of carbonyl (C=O) groups is 1. The van der Waals surface area contributed by atoms with Gasteiger partial charge in [-0.25, -0.2) is 4.79 Å². The molecule has 2 rings (SSSR count). The van der Waals surface area contributed by atoms with Crippen LogP contribution in [0.25, 0.3) is 11.6 Å². The summed E-state index contributed by atoms with van der Waals surface area (Å²) in [6.45, 7) is 1.46. The van der Waals surface area contributed by atoms with Crippen LogP contribution in [0.1, 0.15) is 18.1 Å². The van der Waals surface area contributed by atoms with E-state index in [9.17, 15) is 10.1 Å². The second kappa shape index (κ2) is 7.48. The van der Waals surface area contributed by atoms with Crippen LogP contribution in [-0.2, 0) is 4.79 Å². The third kappa shape index (κ3) is 4.60. The van der Waals surface area contributed by atoms with Crippen molar-refractivity contribution in [3.05, 3.63) is 64.7 Å². The van der Waals surface area contributed by atoms with Crippen LogP contribution in [0.4, 0.5) is 0 Å². The van der Waals surface area contributed by atoms with Crippen molar-refractivity contribution < 1.29 is 14.6 Å². The van der Waals surface area contributed by atoms with Crippen LogP contribution in [0.5, 0.6) is 5.75 Å². The Balaban J connectivity index is 2.21. The summed E-state index contributed by atoms with van der Waals surface area (Å²) in [5, 5.41) is 18.7. The van der Waals surface area contributed by atoms with Crippen LogP contribution in [0.2, 0.25) is 5.02 Å². The normalized spacial score (nSPS) is 12.3. The average molecular weight is 328 g/mol. The van der Waals surface area contributed by atoms with Gasteiger partial charge in [0.15, 0.2) is 6.10 Å². The van der Waals surface area contributed by atoms with E-state index in [1.807, 2.05) is 6.07 Å². The molecule has 2 aromatic carbocycles. The molecule has 0 fully saturated rings. The van der Waals surface area contributed by atoms with Gasteiger partial charge in [-0.15, -0.1) is 0 Å². The molecule has 0 aliphatic heterocycles. The molecular formula is C18H14ClNO3. The zero-order chi connectivity index (χ0) is 16.8. The smallest absolute Gasteiger partial charge is 0.344 e. The number of hydrogen-bond donors (Lipinski definition) is 1. The fourth-order valence-corrected chi connectivity index (χ4v) is 2.09. The van der Waals surface area contributed by atoms with Gasteiger partial charge in [0, 0.05) is 5.02 Å². The Bertz CT molecular complexity index is 776. The van der Waals surface area contributed by atoms with Gasteiger partial charge in [0.25, 0.3) is 0 Å². The van der Waals surface area contributed by atoms with Crippen LogP contribution >= 0.6 is 11.6 Å². The van der Waals surface area contributed by atoms with Crippen LogP contribution in [0.15, 0.2) is 48.5 Å². The number of nitrogens with zero attached hydrogens (tertiary/aromatic N) is 1. The second-order valence-corrected chi connectivity index (χ2v) is 5.28. The maximum atomic E-state index is 10.8. The monoisotopic (exact) mass is 327 g/mol. The molecule has 1 atom stereocenters. The Labute approximate surface area is 139 Å². The summed E-state index contributed by atoms with van der Waals surface area (Å²) in [4.78, 5) is 10.8. The predicted octanol–water partition coefficient (Wildman–Crippen LogP) is 4.26. The molecule has 0 spiro atoms. The van der Waals surface area contributed by atoms with Crippen molar-refractivity contribution >= 4 is 29.2 Å². The maximum Gasteiger partial charge on any atom is 0.344 e. The molecule has 0 aliphatic rings. The van der Waals surface area contributed by atoms with E-state index in [1.54, 1.807) is 48.5 Å². The number of carboxylic acids is 1. The van der Waals surface area contributed by atoms with E-state index in [1.165, 1.54) is 6.92 Å². The minimum absolute atomic E-state index is 0.457. The van der Waals surface area contributed by atoms with E-state index in [-0.39, 0.29) is 0 Å². The van der Waals surface area contributed by atoms with Crippen molar-refractivity contribution in [2.45, 2.75) is 13.0 Å². The number of halogens is 1. The SMILES string of the molecule is C[C@H](Oc1ccc(/C=C(/C#N)c2cccc(Cl)c2)cc1)C(=O)O. The first-order valence-electron chi connectivity index (χ1n) is 6.87. The lowest BCUT2D eigenvalue weighted by atomic mass is 10.0. The van der Waals surface area contributed by atoms with Gasteiger partial charge in [-0.2, -0.15) is 5.26 Å². The van der Waals surface area contributed by atoms with Crippen molar-refractivity contribution in [2.75, 3.05) is 0 Å². The third-order valence-corrected chi connectivity index (χ3v) is 3.34. The van der Waals surface area contributed by atoms with E-state index >= 15 is 0 Å². The van der Waals surface area contributed by atoms with E-state index in [4.69, 9.17) is 21.4 Å². The molecule has 0 radical (unpaired) electrons. The molecule has 1 N–H and O–H groups in total. The molecule has 0 aliphatic carbocycles. The topological polar surface area (TPSA) is 70.3 Å². The second-order valence-electron chi connectivity index (χ2n) is 4.85. The molecule has 0 heterocycles. The lowest BCUT2D eigenvalue weighted by Gasteiger charge is -2.10. The lowest BCUT2D eigenvalue weighted by Crippen LogP contribution is -2.22. The van der Waals surface area contributed by atoms with Crippen molar-refractivity contribution in [3.63, 3.8) is 0 Å². The van der Waals surface area contributed by atoms with Gasteiger partial charge in [-0.05, 0) is 48.4 Å². The van der Waals surface area contributed by atoms with E-state index in [2.05, 4.69) is 6.07 Å². The van der Waals surface area contributed by atoms with Crippen molar-refractivity contribution in [1.29, 1.82) is 5.26 Å². The summed E-state index contributed by atoms with van der Waals surface area (Å²) in [6.07, 6.45) is 0.813. The van der Waals surface area contributed by atoms with Gasteiger partial charge in [0.05, 0.1) is 11.6 Å². The number of ether oxygens (including phenoxy) is 1. The Morgan fingerprint density at radius 1 is 1.30 bits per heavy atom. The van der Waals surface area contributed by atoms with Crippen molar-refractivity contribution in [3.8, 4) is 11.8 Å². The highest BCUT2D eigenvalue weighted by Crippen LogP contribution is 2.22. The molecule has 4 nitrogen and oxygen atoms in total. The maximum absolute atomic E-state index is 10.8. The molecule has 0 saturated heterocycles. The summed E-state index contributed by atoms with van der Waals surface area (Å²) in [6, 6.07) is 16.1. The number of carboxylic acid groups (broad SMARTS) is 1. The van der Waals surface area contributed by atoms with Gasteiger partial charge in [0.1, 0.15) is 5.75 Å². The number of hydrogen-bond acceptors (Lipinski definition) is 3. The molecule has 0 aromatic heterocycles. The number of benzene rings is 2. The molecule has 0 amide bonds. The van der Waals surface area contributed by atoms with E-state index < -0.39 is 12.1 Å². The summed E-state index contributed by atoms with van der Waals surface area (Å²) in [5.74, 6) is -0.569. The van der Waals surface area contributed by atoms with Crippen LogP contribution < -0.4 is 4.74 Å². The Hall–Kier alpha value is -2.77. The fraction of sp³-hybridized carbons (Fsp3) is 0.111.